The van der Waals surface area contributed by atoms with Crippen molar-refractivity contribution in [1.82, 2.24) is 9.03 Å². The summed E-state index contributed by atoms with van der Waals surface area (Å²) in [5.74, 6) is -0.273. The second-order valence-corrected chi connectivity index (χ2v) is 9.22. The summed E-state index contributed by atoms with van der Waals surface area (Å²) >= 11 is 0. The fourth-order valence-electron chi connectivity index (χ4n) is 2.16. The van der Waals surface area contributed by atoms with Gasteiger partial charge in [0.1, 0.15) is 0 Å². The number of hydrogen-bond donors (Lipinski definition) is 1. The molecular weight excluding hydrogens is 352 g/mol. The summed E-state index contributed by atoms with van der Waals surface area (Å²) in [5, 5.41) is 1.04. The highest BCUT2D eigenvalue weighted by Crippen LogP contribution is 2.07. The summed E-state index contributed by atoms with van der Waals surface area (Å²) in [6.07, 6.45) is 1.47. The van der Waals surface area contributed by atoms with Crippen molar-refractivity contribution in [3.63, 3.8) is 0 Å². The lowest BCUT2D eigenvalue weighted by Crippen LogP contribution is -2.43. The van der Waals surface area contributed by atoms with E-state index in [1.807, 2.05) is 31.2 Å². The summed E-state index contributed by atoms with van der Waals surface area (Å²) in [6.45, 7) is 3.13. The molecule has 24 heavy (non-hydrogen) atoms. The van der Waals surface area contributed by atoms with Crippen LogP contribution < -0.4 is 4.72 Å². The topological polar surface area (TPSA) is 92.8 Å². The third-order valence-corrected chi connectivity index (χ3v) is 6.52. The van der Waals surface area contributed by atoms with Gasteiger partial charge >= 0.3 is 0 Å². The Morgan fingerprint density at radius 1 is 1.12 bits per heavy atom. The average molecular weight is 374 g/mol. The quantitative estimate of drug-likeness (QED) is 0.752. The molecule has 9 heteroatoms. The third-order valence-electron chi connectivity index (χ3n) is 3.54. The molecule has 1 fully saturated rings. The van der Waals surface area contributed by atoms with Crippen LogP contribution in [0.5, 0.6) is 0 Å². The number of ether oxygens (including phenoxy) is 1. The number of nitrogens with one attached hydrogen (secondary N) is 1. The van der Waals surface area contributed by atoms with Crippen molar-refractivity contribution in [2.24, 2.45) is 0 Å². The Hall–Kier alpha value is -1.26. The first-order valence-electron chi connectivity index (χ1n) is 7.58. The molecule has 7 nitrogen and oxygen atoms in total. The first-order chi connectivity index (χ1) is 11.3. The van der Waals surface area contributed by atoms with Crippen molar-refractivity contribution in [3.05, 3.63) is 40.8 Å². The fraction of sp³-hybridized carbons (Fsp3) is 0.467. The van der Waals surface area contributed by atoms with E-state index in [4.69, 9.17) is 4.74 Å². The molecule has 1 aliphatic rings. The van der Waals surface area contributed by atoms with Crippen LogP contribution in [0.4, 0.5) is 0 Å². The van der Waals surface area contributed by atoms with Gasteiger partial charge in [-0.15, -0.1) is 0 Å². The molecule has 0 radical (unpaired) electrons. The van der Waals surface area contributed by atoms with Gasteiger partial charge in [0.25, 0.3) is 0 Å². The fourth-order valence-corrected chi connectivity index (χ4v) is 4.43. The Balaban J connectivity index is 1.87. The molecule has 0 saturated carbocycles. The second-order valence-electron chi connectivity index (χ2n) is 5.48. The van der Waals surface area contributed by atoms with E-state index in [0.717, 1.165) is 16.5 Å². The molecule has 1 aromatic carbocycles. The lowest BCUT2D eigenvalue weighted by Gasteiger charge is -2.25. The Morgan fingerprint density at radius 3 is 2.38 bits per heavy atom. The summed E-state index contributed by atoms with van der Waals surface area (Å²) in [6, 6.07) is 7.39. The van der Waals surface area contributed by atoms with Crippen molar-refractivity contribution in [1.29, 1.82) is 0 Å². The zero-order valence-electron chi connectivity index (χ0n) is 13.5. The predicted molar refractivity (Wildman–Crippen MR) is 93.3 cm³/mol. The SMILES string of the molecule is Cc1ccc(C=CS(=O)(=O)NCCS(=O)(=O)N2CCOCC2)cc1. The maximum Gasteiger partial charge on any atom is 0.233 e. The highest BCUT2D eigenvalue weighted by atomic mass is 32.2. The van der Waals surface area contributed by atoms with Gasteiger partial charge in [-0.3, -0.25) is 0 Å². The lowest BCUT2D eigenvalue weighted by atomic mass is 10.2. The van der Waals surface area contributed by atoms with E-state index < -0.39 is 20.0 Å². The zero-order chi connectivity index (χ0) is 17.6. The van der Waals surface area contributed by atoms with Gasteiger partial charge in [-0.2, -0.15) is 4.31 Å². The van der Waals surface area contributed by atoms with Gasteiger partial charge in [-0.25, -0.2) is 21.6 Å². The van der Waals surface area contributed by atoms with Crippen molar-refractivity contribution in [3.8, 4) is 0 Å². The van der Waals surface area contributed by atoms with E-state index in [9.17, 15) is 16.8 Å². The number of morpholine rings is 1. The van der Waals surface area contributed by atoms with Crippen molar-refractivity contribution in [2.45, 2.75) is 6.92 Å². The average Bonchev–Trinajstić information content (AvgIpc) is 2.55. The van der Waals surface area contributed by atoms with Crippen molar-refractivity contribution in [2.75, 3.05) is 38.6 Å². The third kappa shape index (κ3) is 5.99. The van der Waals surface area contributed by atoms with Crippen LogP contribution in [-0.4, -0.2) is 59.7 Å². The van der Waals surface area contributed by atoms with Gasteiger partial charge in [-0.1, -0.05) is 29.8 Å². The molecule has 0 bridgehead atoms. The molecule has 1 N–H and O–H groups in total. The largest absolute Gasteiger partial charge is 0.379 e. The maximum atomic E-state index is 12.1. The highest BCUT2D eigenvalue weighted by Gasteiger charge is 2.24. The van der Waals surface area contributed by atoms with Crippen molar-refractivity contribution >= 4 is 26.1 Å². The molecule has 0 spiro atoms. The highest BCUT2D eigenvalue weighted by molar-refractivity contribution is 7.92. The summed E-state index contributed by atoms with van der Waals surface area (Å²) < 4.78 is 56.7. The second kappa shape index (κ2) is 8.21. The predicted octanol–water partition coefficient (Wildman–Crippen LogP) is 0.547. The number of benzene rings is 1. The molecule has 0 aromatic heterocycles. The minimum atomic E-state index is -3.68. The van der Waals surface area contributed by atoms with E-state index in [-0.39, 0.29) is 12.3 Å². The van der Waals surface area contributed by atoms with E-state index >= 15 is 0 Å². The van der Waals surface area contributed by atoms with Crippen LogP contribution in [0.25, 0.3) is 6.08 Å². The summed E-state index contributed by atoms with van der Waals surface area (Å²) in [4.78, 5) is 0. The van der Waals surface area contributed by atoms with Crippen LogP contribution in [0.1, 0.15) is 11.1 Å². The first kappa shape index (κ1) is 19.1. The van der Waals surface area contributed by atoms with Gasteiger partial charge in [0, 0.05) is 25.0 Å². The number of hydrogen-bond acceptors (Lipinski definition) is 5. The normalized spacial score (nSPS) is 17.4. The van der Waals surface area contributed by atoms with Crippen LogP contribution in [-0.2, 0) is 24.8 Å². The van der Waals surface area contributed by atoms with E-state index in [2.05, 4.69) is 4.72 Å². The van der Waals surface area contributed by atoms with Gasteiger partial charge in [0.2, 0.25) is 20.0 Å². The Bertz CT molecular complexity index is 765. The van der Waals surface area contributed by atoms with Crippen LogP contribution in [0, 0.1) is 6.92 Å². The number of aryl methyl sites for hydroxylation is 1. The molecule has 0 amide bonds. The molecular formula is C15H22N2O5S2. The molecule has 0 unspecified atom stereocenters. The maximum absolute atomic E-state index is 12.1. The smallest absolute Gasteiger partial charge is 0.233 e. The zero-order valence-corrected chi connectivity index (χ0v) is 15.1. The van der Waals surface area contributed by atoms with Gasteiger partial charge < -0.3 is 4.74 Å². The lowest BCUT2D eigenvalue weighted by molar-refractivity contribution is 0.0730. The number of rotatable bonds is 7. The molecule has 2 rings (SSSR count). The van der Waals surface area contributed by atoms with Gasteiger partial charge in [0.05, 0.1) is 19.0 Å². The van der Waals surface area contributed by atoms with E-state index in [1.165, 1.54) is 10.4 Å². The van der Waals surface area contributed by atoms with Crippen LogP contribution >= 0.6 is 0 Å². The van der Waals surface area contributed by atoms with E-state index in [1.54, 1.807) is 0 Å². The molecule has 0 aliphatic carbocycles. The summed E-state index contributed by atoms with van der Waals surface area (Å²) in [7, 11) is -7.16. The van der Waals surface area contributed by atoms with Gasteiger partial charge in [-0.05, 0) is 18.6 Å². The molecule has 134 valence electrons. The molecule has 1 heterocycles. The Morgan fingerprint density at radius 2 is 1.75 bits per heavy atom. The standard InChI is InChI=1S/C15H22N2O5S2/c1-14-2-4-15(5-3-14)6-12-23(18,19)16-7-13-24(20,21)17-8-10-22-11-9-17/h2-6,12,16H,7-11,13H2,1H3. The van der Waals surface area contributed by atoms with Crippen LogP contribution in [0.3, 0.4) is 0 Å². The molecule has 1 aliphatic heterocycles. The molecule has 1 saturated heterocycles. The number of nitrogens with zero attached hydrogens (tertiary/aromatic N) is 1. The molecule has 1 aromatic rings. The Labute approximate surface area is 143 Å². The van der Waals surface area contributed by atoms with Crippen LogP contribution in [0.15, 0.2) is 29.7 Å². The monoisotopic (exact) mass is 374 g/mol. The first-order valence-corrected chi connectivity index (χ1v) is 10.7. The molecule has 0 atom stereocenters. The summed E-state index contributed by atoms with van der Waals surface area (Å²) in [5.41, 5.74) is 1.84. The van der Waals surface area contributed by atoms with Gasteiger partial charge in [0.15, 0.2) is 0 Å². The minimum Gasteiger partial charge on any atom is -0.379 e. The minimum absolute atomic E-state index is 0.166. The van der Waals surface area contributed by atoms with Crippen molar-refractivity contribution < 1.29 is 21.6 Å². The van der Waals surface area contributed by atoms with Crippen LogP contribution in [0.2, 0.25) is 0 Å². The Kier molecular flexibility index (Phi) is 6.53. The van der Waals surface area contributed by atoms with E-state index in [0.29, 0.717) is 26.3 Å². The number of sulfonamides is 2.